The van der Waals surface area contributed by atoms with Crippen LogP contribution in [0.5, 0.6) is 0 Å². The van der Waals surface area contributed by atoms with Crippen molar-refractivity contribution in [3.05, 3.63) is 47.8 Å². The van der Waals surface area contributed by atoms with Crippen LogP contribution in [-0.2, 0) is 0 Å². The number of hydrogen-bond donors (Lipinski definition) is 1. The van der Waals surface area contributed by atoms with E-state index in [4.69, 9.17) is 5.26 Å². The van der Waals surface area contributed by atoms with Gasteiger partial charge in [-0.1, -0.05) is 12.1 Å². The topological polar surface area (TPSA) is 48.7 Å². The maximum absolute atomic E-state index is 13.6. The smallest absolute Gasteiger partial charge is 0.144 e. The third-order valence-corrected chi connectivity index (χ3v) is 2.40. The molecule has 1 heterocycles. The Morgan fingerprint density at radius 3 is 2.65 bits per heavy atom. The van der Waals surface area contributed by atoms with E-state index in [0.29, 0.717) is 22.6 Å². The van der Waals surface area contributed by atoms with Crippen LogP contribution in [0, 0.1) is 17.1 Å². The van der Waals surface area contributed by atoms with E-state index in [1.54, 1.807) is 37.4 Å². The van der Waals surface area contributed by atoms with Crippen molar-refractivity contribution in [2.24, 2.45) is 0 Å². The number of rotatable bonds is 2. The van der Waals surface area contributed by atoms with Gasteiger partial charge in [0.15, 0.2) is 0 Å². The Bertz CT molecular complexity index is 587. The molecule has 0 atom stereocenters. The monoisotopic (exact) mass is 227 g/mol. The third-order valence-electron chi connectivity index (χ3n) is 2.40. The summed E-state index contributed by atoms with van der Waals surface area (Å²) in [6.07, 6.45) is 0. The van der Waals surface area contributed by atoms with E-state index in [-0.39, 0.29) is 5.82 Å². The standard InChI is InChI=1S/C13H10FN3/c1-16-13-9(8-15)6-7-12(17-13)10-4-2-3-5-11(10)14/h2-7H,1H3,(H,16,17). The molecule has 4 heteroatoms. The minimum absolute atomic E-state index is 0.327. The van der Waals surface area contributed by atoms with Gasteiger partial charge in [-0.25, -0.2) is 9.37 Å². The van der Waals surface area contributed by atoms with Gasteiger partial charge in [0.1, 0.15) is 17.7 Å². The molecule has 0 saturated carbocycles. The number of pyridine rings is 1. The minimum atomic E-state index is -0.327. The highest BCUT2D eigenvalue weighted by Crippen LogP contribution is 2.23. The van der Waals surface area contributed by atoms with Crippen molar-refractivity contribution in [3.63, 3.8) is 0 Å². The van der Waals surface area contributed by atoms with Crippen LogP contribution in [0.4, 0.5) is 10.2 Å². The van der Waals surface area contributed by atoms with E-state index in [1.165, 1.54) is 6.07 Å². The maximum Gasteiger partial charge on any atom is 0.144 e. The van der Waals surface area contributed by atoms with Gasteiger partial charge in [-0.2, -0.15) is 5.26 Å². The number of anilines is 1. The number of nitriles is 1. The van der Waals surface area contributed by atoms with E-state index in [2.05, 4.69) is 10.3 Å². The average Bonchev–Trinajstić information content (AvgIpc) is 2.38. The Morgan fingerprint density at radius 1 is 1.24 bits per heavy atom. The SMILES string of the molecule is CNc1nc(-c2ccccc2F)ccc1C#N. The molecule has 1 aromatic carbocycles. The van der Waals surface area contributed by atoms with Crippen LogP contribution in [0.3, 0.4) is 0 Å². The fourth-order valence-electron chi connectivity index (χ4n) is 1.56. The second-order valence-electron chi connectivity index (χ2n) is 3.43. The zero-order chi connectivity index (χ0) is 12.3. The molecule has 0 spiro atoms. The first-order valence-electron chi connectivity index (χ1n) is 5.10. The molecule has 17 heavy (non-hydrogen) atoms. The lowest BCUT2D eigenvalue weighted by atomic mass is 10.1. The van der Waals surface area contributed by atoms with Gasteiger partial charge in [-0.05, 0) is 24.3 Å². The summed E-state index contributed by atoms with van der Waals surface area (Å²) in [7, 11) is 1.67. The van der Waals surface area contributed by atoms with Crippen LogP contribution in [-0.4, -0.2) is 12.0 Å². The van der Waals surface area contributed by atoms with Crippen LogP contribution >= 0.6 is 0 Å². The second-order valence-corrected chi connectivity index (χ2v) is 3.43. The van der Waals surface area contributed by atoms with Gasteiger partial charge in [-0.3, -0.25) is 0 Å². The molecular formula is C13H10FN3. The Labute approximate surface area is 98.5 Å². The Hall–Kier alpha value is -2.41. The van der Waals surface area contributed by atoms with Crippen molar-refractivity contribution in [2.45, 2.75) is 0 Å². The minimum Gasteiger partial charge on any atom is -0.372 e. The van der Waals surface area contributed by atoms with Gasteiger partial charge in [0.25, 0.3) is 0 Å². The first kappa shape index (κ1) is 11.1. The molecule has 0 unspecified atom stereocenters. The maximum atomic E-state index is 13.6. The summed E-state index contributed by atoms with van der Waals surface area (Å²) in [6.45, 7) is 0. The predicted molar refractivity (Wildman–Crippen MR) is 63.9 cm³/mol. The Morgan fingerprint density at radius 2 is 2.00 bits per heavy atom. The van der Waals surface area contributed by atoms with Crippen LogP contribution in [0.15, 0.2) is 36.4 Å². The number of aromatic nitrogens is 1. The number of benzene rings is 1. The highest BCUT2D eigenvalue weighted by Gasteiger charge is 2.08. The Balaban J connectivity index is 2.55. The zero-order valence-electron chi connectivity index (χ0n) is 9.24. The van der Waals surface area contributed by atoms with Crippen LogP contribution in [0.25, 0.3) is 11.3 Å². The quantitative estimate of drug-likeness (QED) is 0.858. The molecule has 0 aliphatic rings. The second kappa shape index (κ2) is 4.62. The molecule has 1 N–H and O–H groups in total. The number of hydrogen-bond acceptors (Lipinski definition) is 3. The van der Waals surface area contributed by atoms with Crippen LogP contribution in [0.1, 0.15) is 5.56 Å². The van der Waals surface area contributed by atoms with Crippen LogP contribution in [0.2, 0.25) is 0 Å². The number of nitrogens with one attached hydrogen (secondary N) is 1. The molecule has 0 aliphatic carbocycles. The van der Waals surface area contributed by atoms with Crippen molar-refractivity contribution >= 4 is 5.82 Å². The molecule has 0 bridgehead atoms. The lowest BCUT2D eigenvalue weighted by molar-refractivity contribution is 0.631. The molecule has 0 amide bonds. The van der Waals surface area contributed by atoms with Gasteiger partial charge in [0, 0.05) is 12.6 Å². The van der Waals surface area contributed by atoms with Gasteiger partial charge in [0.2, 0.25) is 0 Å². The number of halogens is 1. The first-order chi connectivity index (χ1) is 8.26. The first-order valence-corrected chi connectivity index (χ1v) is 5.10. The molecular weight excluding hydrogens is 217 g/mol. The largest absolute Gasteiger partial charge is 0.372 e. The van der Waals surface area contributed by atoms with Crippen molar-refractivity contribution < 1.29 is 4.39 Å². The summed E-state index contributed by atoms with van der Waals surface area (Å²) in [6, 6.07) is 11.7. The van der Waals surface area contributed by atoms with Gasteiger partial charge in [0.05, 0.1) is 11.3 Å². The summed E-state index contributed by atoms with van der Waals surface area (Å²) < 4.78 is 13.6. The van der Waals surface area contributed by atoms with E-state index in [1.807, 2.05) is 6.07 Å². The molecule has 0 radical (unpaired) electrons. The normalized spacial score (nSPS) is 9.71. The molecule has 0 aliphatic heterocycles. The highest BCUT2D eigenvalue weighted by molar-refractivity contribution is 5.65. The zero-order valence-corrected chi connectivity index (χ0v) is 9.24. The highest BCUT2D eigenvalue weighted by atomic mass is 19.1. The summed E-state index contributed by atoms with van der Waals surface area (Å²) in [4.78, 5) is 4.22. The fraction of sp³-hybridized carbons (Fsp3) is 0.0769. The van der Waals surface area contributed by atoms with Crippen molar-refractivity contribution in [3.8, 4) is 17.3 Å². The Kier molecular flexibility index (Phi) is 3.01. The molecule has 0 saturated heterocycles. The van der Waals surface area contributed by atoms with Crippen molar-refractivity contribution in [1.82, 2.24) is 4.98 Å². The van der Waals surface area contributed by atoms with E-state index in [0.717, 1.165) is 0 Å². The van der Waals surface area contributed by atoms with Crippen LogP contribution < -0.4 is 5.32 Å². The predicted octanol–water partition coefficient (Wildman–Crippen LogP) is 2.80. The summed E-state index contributed by atoms with van der Waals surface area (Å²) in [5, 5.41) is 11.7. The van der Waals surface area contributed by atoms with Crippen molar-refractivity contribution in [1.29, 1.82) is 5.26 Å². The van der Waals surface area contributed by atoms with E-state index in [9.17, 15) is 4.39 Å². The number of nitrogens with zero attached hydrogens (tertiary/aromatic N) is 2. The molecule has 1 aromatic heterocycles. The fourth-order valence-corrected chi connectivity index (χ4v) is 1.56. The van der Waals surface area contributed by atoms with E-state index < -0.39 is 0 Å². The summed E-state index contributed by atoms with van der Waals surface area (Å²) in [5.74, 6) is 0.125. The molecule has 2 rings (SSSR count). The van der Waals surface area contributed by atoms with E-state index >= 15 is 0 Å². The lowest BCUT2D eigenvalue weighted by Gasteiger charge is -2.06. The summed E-state index contributed by atoms with van der Waals surface area (Å²) in [5.41, 5.74) is 1.37. The lowest BCUT2D eigenvalue weighted by Crippen LogP contribution is -1.98. The average molecular weight is 227 g/mol. The summed E-state index contributed by atoms with van der Waals surface area (Å²) >= 11 is 0. The van der Waals surface area contributed by atoms with Gasteiger partial charge in [-0.15, -0.1) is 0 Å². The third kappa shape index (κ3) is 2.08. The van der Waals surface area contributed by atoms with Gasteiger partial charge < -0.3 is 5.32 Å². The molecule has 84 valence electrons. The van der Waals surface area contributed by atoms with Gasteiger partial charge >= 0.3 is 0 Å². The molecule has 0 fully saturated rings. The molecule has 2 aromatic rings. The molecule has 3 nitrogen and oxygen atoms in total. The van der Waals surface area contributed by atoms with Crippen molar-refractivity contribution in [2.75, 3.05) is 12.4 Å².